The number of aryl methyl sites for hydroxylation is 3. The number of aromatic nitrogens is 2. The molecule has 1 N–H and O–H groups in total. The largest absolute Gasteiger partial charge is 0.332 e. The minimum Gasteiger partial charge on any atom is -0.332 e. The fourth-order valence-corrected chi connectivity index (χ4v) is 5.26. The molecule has 1 amide bonds. The summed E-state index contributed by atoms with van der Waals surface area (Å²) in [5, 5.41) is 0.680. The van der Waals surface area contributed by atoms with Crippen molar-refractivity contribution in [3.05, 3.63) is 62.5 Å². The molecule has 1 saturated carbocycles. The second-order valence-electron chi connectivity index (χ2n) is 7.92. The monoisotopic (exact) mass is 409 g/mol. The SMILES string of the molecule is Cc1sc2nc(CN(C(=O)CCc3ccccc3)C3CCCC3)[nH]c(=O)c2c1C. The summed E-state index contributed by atoms with van der Waals surface area (Å²) in [5.74, 6) is 0.728. The third-order valence-corrected chi connectivity index (χ3v) is 7.07. The highest BCUT2D eigenvalue weighted by Gasteiger charge is 2.27. The van der Waals surface area contributed by atoms with E-state index in [1.807, 2.05) is 36.9 Å². The Balaban J connectivity index is 1.56. The van der Waals surface area contributed by atoms with Crippen LogP contribution in [0.15, 0.2) is 35.1 Å². The van der Waals surface area contributed by atoms with Gasteiger partial charge in [0.15, 0.2) is 0 Å². The molecule has 0 atom stereocenters. The second-order valence-corrected chi connectivity index (χ2v) is 9.12. The van der Waals surface area contributed by atoms with Gasteiger partial charge in [-0.1, -0.05) is 43.2 Å². The molecule has 6 heteroatoms. The van der Waals surface area contributed by atoms with Crippen LogP contribution in [-0.4, -0.2) is 26.8 Å². The molecule has 0 saturated heterocycles. The lowest BCUT2D eigenvalue weighted by atomic mass is 10.1. The third-order valence-electron chi connectivity index (χ3n) is 5.96. The molecule has 152 valence electrons. The molecule has 0 bridgehead atoms. The van der Waals surface area contributed by atoms with Gasteiger partial charge in [-0.15, -0.1) is 11.3 Å². The number of thiophene rings is 1. The van der Waals surface area contributed by atoms with Gasteiger partial charge in [-0.2, -0.15) is 0 Å². The lowest BCUT2D eigenvalue weighted by molar-refractivity contribution is -0.134. The Labute approximate surface area is 174 Å². The van der Waals surface area contributed by atoms with E-state index < -0.39 is 0 Å². The van der Waals surface area contributed by atoms with Crippen molar-refractivity contribution < 1.29 is 4.79 Å². The topological polar surface area (TPSA) is 66.1 Å². The van der Waals surface area contributed by atoms with E-state index in [9.17, 15) is 9.59 Å². The predicted molar refractivity (Wildman–Crippen MR) is 117 cm³/mol. The van der Waals surface area contributed by atoms with Crippen LogP contribution < -0.4 is 5.56 Å². The number of nitrogens with one attached hydrogen (secondary N) is 1. The number of fused-ring (bicyclic) bond motifs is 1. The van der Waals surface area contributed by atoms with Crippen LogP contribution in [-0.2, 0) is 17.8 Å². The number of nitrogens with zero attached hydrogens (tertiary/aromatic N) is 2. The molecule has 0 unspecified atom stereocenters. The van der Waals surface area contributed by atoms with E-state index in [-0.39, 0.29) is 17.5 Å². The molecular formula is C23H27N3O2S. The van der Waals surface area contributed by atoms with Crippen molar-refractivity contribution in [2.75, 3.05) is 0 Å². The average molecular weight is 410 g/mol. The van der Waals surface area contributed by atoms with Gasteiger partial charge in [-0.05, 0) is 44.2 Å². The molecule has 0 spiro atoms. The van der Waals surface area contributed by atoms with E-state index in [1.165, 1.54) is 5.56 Å². The number of aromatic amines is 1. The van der Waals surface area contributed by atoms with E-state index in [2.05, 4.69) is 17.1 Å². The second kappa shape index (κ2) is 8.49. The summed E-state index contributed by atoms with van der Waals surface area (Å²) in [6, 6.07) is 10.4. The highest BCUT2D eigenvalue weighted by molar-refractivity contribution is 7.18. The van der Waals surface area contributed by atoms with Crippen molar-refractivity contribution in [1.29, 1.82) is 0 Å². The average Bonchev–Trinajstić information content (AvgIpc) is 3.34. The molecule has 2 heterocycles. The lowest BCUT2D eigenvalue weighted by Crippen LogP contribution is -2.39. The van der Waals surface area contributed by atoms with Crippen molar-refractivity contribution in [3.63, 3.8) is 0 Å². The predicted octanol–water partition coefficient (Wildman–Crippen LogP) is 4.51. The molecule has 1 fully saturated rings. The highest BCUT2D eigenvalue weighted by atomic mass is 32.1. The number of amides is 1. The Morgan fingerprint density at radius 2 is 1.93 bits per heavy atom. The van der Waals surface area contributed by atoms with Crippen molar-refractivity contribution >= 4 is 27.5 Å². The minimum atomic E-state index is -0.102. The van der Waals surface area contributed by atoms with Crippen LogP contribution in [0, 0.1) is 13.8 Å². The van der Waals surface area contributed by atoms with E-state index in [0.29, 0.717) is 24.2 Å². The van der Waals surface area contributed by atoms with Gasteiger partial charge < -0.3 is 9.88 Å². The van der Waals surface area contributed by atoms with Gasteiger partial charge in [-0.25, -0.2) is 4.98 Å². The van der Waals surface area contributed by atoms with Crippen molar-refractivity contribution in [2.24, 2.45) is 0 Å². The minimum absolute atomic E-state index is 0.102. The zero-order valence-electron chi connectivity index (χ0n) is 17.0. The lowest BCUT2D eigenvalue weighted by Gasteiger charge is -2.28. The molecule has 3 aromatic rings. The van der Waals surface area contributed by atoms with Crippen molar-refractivity contribution in [2.45, 2.75) is 65.0 Å². The molecule has 0 radical (unpaired) electrons. The van der Waals surface area contributed by atoms with E-state index in [4.69, 9.17) is 4.98 Å². The van der Waals surface area contributed by atoms with Gasteiger partial charge in [0, 0.05) is 17.3 Å². The standard InChI is InChI=1S/C23H27N3O2S/c1-15-16(2)29-23-21(15)22(28)24-19(25-23)14-26(18-10-6-7-11-18)20(27)13-12-17-8-4-3-5-9-17/h3-5,8-9,18H,6-7,10-14H2,1-2H3,(H,24,25,28). The summed E-state index contributed by atoms with van der Waals surface area (Å²) in [4.78, 5) is 37.2. The summed E-state index contributed by atoms with van der Waals surface area (Å²) >= 11 is 1.55. The Morgan fingerprint density at radius 1 is 1.21 bits per heavy atom. The van der Waals surface area contributed by atoms with Crippen LogP contribution >= 0.6 is 11.3 Å². The number of hydrogen-bond donors (Lipinski definition) is 1. The van der Waals surface area contributed by atoms with Gasteiger partial charge in [0.2, 0.25) is 5.91 Å². The van der Waals surface area contributed by atoms with Gasteiger partial charge >= 0.3 is 0 Å². The van der Waals surface area contributed by atoms with Crippen LogP contribution in [0.5, 0.6) is 0 Å². The molecule has 4 rings (SSSR count). The Bertz CT molecular complexity index is 1060. The molecule has 1 aromatic carbocycles. The molecular weight excluding hydrogens is 382 g/mol. The zero-order valence-corrected chi connectivity index (χ0v) is 17.8. The van der Waals surface area contributed by atoms with Crippen molar-refractivity contribution in [3.8, 4) is 0 Å². The quantitative estimate of drug-likeness (QED) is 0.652. The number of carbonyl (C=O) groups excluding carboxylic acids is 1. The maximum absolute atomic E-state index is 13.1. The van der Waals surface area contributed by atoms with Gasteiger partial charge in [0.1, 0.15) is 10.7 Å². The molecule has 1 aliphatic carbocycles. The summed E-state index contributed by atoms with van der Waals surface area (Å²) in [5.41, 5.74) is 2.07. The molecule has 5 nitrogen and oxygen atoms in total. The molecule has 29 heavy (non-hydrogen) atoms. The van der Waals surface area contributed by atoms with Crippen LogP contribution in [0.2, 0.25) is 0 Å². The first-order chi connectivity index (χ1) is 14.0. The Hall–Kier alpha value is -2.47. The van der Waals surface area contributed by atoms with Crippen molar-refractivity contribution in [1.82, 2.24) is 14.9 Å². The third kappa shape index (κ3) is 4.27. The van der Waals surface area contributed by atoms with Gasteiger partial charge in [0.05, 0.1) is 11.9 Å². The number of benzene rings is 1. The maximum atomic E-state index is 13.1. The normalized spacial score (nSPS) is 14.6. The summed E-state index contributed by atoms with van der Waals surface area (Å²) < 4.78 is 0. The van der Waals surface area contributed by atoms with Crippen LogP contribution in [0.1, 0.15) is 53.9 Å². The summed E-state index contributed by atoms with van der Waals surface area (Å²) in [6.07, 6.45) is 5.57. The number of hydrogen-bond acceptors (Lipinski definition) is 4. The first-order valence-electron chi connectivity index (χ1n) is 10.3. The van der Waals surface area contributed by atoms with Crippen LogP contribution in [0.3, 0.4) is 0 Å². The molecule has 0 aliphatic heterocycles. The maximum Gasteiger partial charge on any atom is 0.259 e. The highest BCUT2D eigenvalue weighted by Crippen LogP contribution is 2.28. The van der Waals surface area contributed by atoms with Crippen LogP contribution in [0.4, 0.5) is 0 Å². The summed E-state index contributed by atoms with van der Waals surface area (Å²) in [6.45, 7) is 4.35. The Kier molecular flexibility index (Phi) is 5.81. The summed E-state index contributed by atoms with van der Waals surface area (Å²) in [7, 11) is 0. The van der Waals surface area contributed by atoms with E-state index >= 15 is 0 Å². The fraction of sp³-hybridized carbons (Fsp3) is 0.435. The zero-order chi connectivity index (χ0) is 20.4. The fourth-order valence-electron chi connectivity index (χ4n) is 4.21. The smallest absolute Gasteiger partial charge is 0.259 e. The van der Waals surface area contributed by atoms with Gasteiger partial charge in [0.25, 0.3) is 5.56 Å². The first-order valence-corrected chi connectivity index (χ1v) is 11.2. The first kappa shape index (κ1) is 19.8. The number of carbonyl (C=O) groups is 1. The van der Waals surface area contributed by atoms with Crippen LogP contribution in [0.25, 0.3) is 10.2 Å². The molecule has 1 aliphatic rings. The Morgan fingerprint density at radius 3 is 2.66 bits per heavy atom. The van der Waals surface area contributed by atoms with E-state index in [1.54, 1.807) is 11.3 Å². The number of H-pyrrole nitrogens is 1. The number of rotatable bonds is 6. The van der Waals surface area contributed by atoms with E-state index in [0.717, 1.165) is 47.4 Å². The van der Waals surface area contributed by atoms with Gasteiger partial charge in [-0.3, -0.25) is 9.59 Å². The molecule has 2 aromatic heterocycles.